The predicted octanol–water partition coefficient (Wildman–Crippen LogP) is 4.44. The van der Waals surface area contributed by atoms with Crippen LogP contribution in [0.1, 0.15) is 51.5 Å². The van der Waals surface area contributed by atoms with Gasteiger partial charge in [0.1, 0.15) is 11.6 Å². The van der Waals surface area contributed by atoms with Gasteiger partial charge in [-0.1, -0.05) is 32.8 Å². The maximum absolute atomic E-state index is 13.8. The van der Waals surface area contributed by atoms with Crippen molar-refractivity contribution in [2.75, 3.05) is 0 Å². The summed E-state index contributed by atoms with van der Waals surface area (Å²) in [6, 6.07) is 4.03. The molecular weight excluding hydrogens is 256 g/mol. The van der Waals surface area contributed by atoms with Crippen LogP contribution in [0, 0.1) is 23.5 Å². The van der Waals surface area contributed by atoms with Crippen LogP contribution in [0.2, 0.25) is 0 Å². The Hall–Kier alpha value is -0.960. The first-order valence-corrected chi connectivity index (χ1v) is 7.61. The van der Waals surface area contributed by atoms with E-state index in [9.17, 15) is 8.78 Å². The summed E-state index contributed by atoms with van der Waals surface area (Å²) in [5, 5.41) is 0. The van der Waals surface area contributed by atoms with Crippen molar-refractivity contribution in [2.45, 2.75) is 57.9 Å². The average Bonchev–Trinajstić information content (AvgIpc) is 2.33. The van der Waals surface area contributed by atoms with Gasteiger partial charge in [-0.3, -0.25) is 0 Å². The number of hydrogen-bond donors (Lipinski definition) is 1. The fraction of sp³-hybridized carbons (Fsp3) is 0.647. The molecule has 0 heterocycles. The van der Waals surface area contributed by atoms with Crippen molar-refractivity contribution in [2.24, 2.45) is 17.6 Å². The lowest BCUT2D eigenvalue weighted by atomic mass is 9.71. The predicted molar refractivity (Wildman–Crippen MR) is 78.4 cm³/mol. The van der Waals surface area contributed by atoms with Gasteiger partial charge in [-0.15, -0.1) is 0 Å². The third-order valence-electron chi connectivity index (χ3n) is 4.38. The minimum atomic E-state index is -0.471. The lowest BCUT2D eigenvalue weighted by Crippen LogP contribution is -2.46. The molecule has 2 N–H and O–H groups in total. The normalized spacial score (nSPS) is 27.0. The van der Waals surface area contributed by atoms with Gasteiger partial charge in [-0.05, 0) is 49.7 Å². The molecule has 2 unspecified atom stereocenters. The molecule has 0 saturated heterocycles. The lowest BCUT2D eigenvalue weighted by Gasteiger charge is -2.39. The summed E-state index contributed by atoms with van der Waals surface area (Å²) in [4.78, 5) is 0. The molecule has 1 aliphatic rings. The number of nitrogens with two attached hydrogens (primary N) is 1. The maximum atomic E-state index is 13.8. The quantitative estimate of drug-likeness (QED) is 0.867. The molecule has 1 saturated carbocycles. The Morgan fingerprint density at radius 2 is 1.95 bits per heavy atom. The van der Waals surface area contributed by atoms with Gasteiger partial charge in [-0.25, -0.2) is 8.78 Å². The van der Waals surface area contributed by atoms with Crippen molar-refractivity contribution in [3.05, 3.63) is 35.4 Å². The molecule has 1 fully saturated rings. The second kappa shape index (κ2) is 6.21. The highest BCUT2D eigenvalue weighted by atomic mass is 19.1. The van der Waals surface area contributed by atoms with E-state index >= 15 is 0 Å². The van der Waals surface area contributed by atoms with Gasteiger partial charge < -0.3 is 5.73 Å². The van der Waals surface area contributed by atoms with E-state index in [2.05, 4.69) is 13.8 Å². The number of rotatable bonds is 4. The van der Waals surface area contributed by atoms with Gasteiger partial charge in [0.05, 0.1) is 0 Å². The summed E-state index contributed by atoms with van der Waals surface area (Å²) < 4.78 is 27.6. The molecule has 0 aliphatic heterocycles. The van der Waals surface area contributed by atoms with Crippen molar-refractivity contribution in [1.29, 1.82) is 0 Å². The van der Waals surface area contributed by atoms with Crippen molar-refractivity contribution in [3.63, 3.8) is 0 Å². The zero-order chi connectivity index (χ0) is 14.8. The molecule has 0 amide bonds. The number of hydrogen-bond acceptors (Lipinski definition) is 1. The Kier molecular flexibility index (Phi) is 4.79. The van der Waals surface area contributed by atoms with E-state index in [0.29, 0.717) is 18.3 Å². The molecule has 3 heteroatoms. The highest BCUT2D eigenvalue weighted by Crippen LogP contribution is 2.37. The third kappa shape index (κ3) is 3.78. The second-order valence-electron chi connectivity index (χ2n) is 6.83. The Balaban J connectivity index is 2.10. The van der Waals surface area contributed by atoms with Crippen LogP contribution >= 0.6 is 0 Å². The van der Waals surface area contributed by atoms with Gasteiger partial charge in [0.2, 0.25) is 0 Å². The number of halogens is 2. The molecule has 1 aromatic rings. The van der Waals surface area contributed by atoms with Crippen molar-refractivity contribution < 1.29 is 8.78 Å². The summed E-state index contributed by atoms with van der Waals surface area (Å²) in [6.07, 6.45) is 5.44. The maximum Gasteiger partial charge on any atom is 0.129 e. The van der Waals surface area contributed by atoms with Crippen LogP contribution in [0.3, 0.4) is 0 Å². The fourth-order valence-corrected chi connectivity index (χ4v) is 3.60. The first-order chi connectivity index (χ1) is 9.39. The Morgan fingerprint density at radius 1 is 1.30 bits per heavy atom. The van der Waals surface area contributed by atoms with Crippen LogP contribution in [-0.4, -0.2) is 5.54 Å². The smallest absolute Gasteiger partial charge is 0.129 e. The summed E-state index contributed by atoms with van der Waals surface area (Å²) >= 11 is 0. The van der Waals surface area contributed by atoms with Crippen LogP contribution in [0.4, 0.5) is 8.78 Å². The van der Waals surface area contributed by atoms with E-state index < -0.39 is 17.2 Å². The highest BCUT2D eigenvalue weighted by molar-refractivity contribution is 5.22. The molecule has 112 valence electrons. The summed E-state index contributed by atoms with van der Waals surface area (Å²) in [5.41, 5.74) is 6.16. The Bertz CT molecular complexity index is 438. The van der Waals surface area contributed by atoms with Crippen molar-refractivity contribution in [1.82, 2.24) is 0 Å². The summed E-state index contributed by atoms with van der Waals surface area (Å²) in [6.45, 7) is 4.42. The molecule has 2 atom stereocenters. The van der Waals surface area contributed by atoms with Crippen LogP contribution in [0.15, 0.2) is 18.2 Å². The molecule has 1 nitrogen and oxygen atoms in total. The topological polar surface area (TPSA) is 26.0 Å². The van der Waals surface area contributed by atoms with Gasteiger partial charge >= 0.3 is 0 Å². The number of benzene rings is 1. The summed E-state index contributed by atoms with van der Waals surface area (Å²) in [5.74, 6) is 0.290. The fourth-order valence-electron chi connectivity index (χ4n) is 3.60. The zero-order valence-corrected chi connectivity index (χ0v) is 12.5. The highest BCUT2D eigenvalue weighted by Gasteiger charge is 2.34. The van der Waals surface area contributed by atoms with E-state index in [4.69, 9.17) is 5.73 Å². The van der Waals surface area contributed by atoms with Gasteiger partial charge in [0, 0.05) is 11.1 Å². The van der Waals surface area contributed by atoms with E-state index in [1.807, 2.05) is 0 Å². The Labute approximate surface area is 120 Å². The standard InChI is InChI=1S/C17H25F2N/c1-12(2)9-13-5-4-8-17(20,10-13)11-14-15(18)6-3-7-16(14)19/h3,6-7,12-13H,4-5,8-11,20H2,1-2H3. The molecule has 0 radical (unpaired) electrons. The summed E-state index contributed by atoms with van der Waals surface area (Å²) in [7, 11) is 0. The lowest BCUT2D eigenvalue weighted by molar-refractivity contribution is 0.198. The van der Waals surface area contributed by atoms with E-state index in [-0.39, 0.29) is 5.56 Å². The largest absolute Gasteiger partial charge is 0.325 e. The van der Waals surface area contributed by atoms with E-state index in [1.165, 1.54) is 24.6 Å². The molecular formula is C17H25F2N. The monoisotopic (exact) mass is 281 g/mol. The Morgan fingerprint density at radius 3 is 2.55 bits per heavy atom. The molecule has 2 rings (SSSR count). The van der Waals surface area contributed by atoms with Crippen LogP contribution < -0.4 is 5.73 Å². The third-order valence-corrected chi connectivity index (χ3v) is 4.38. The van der Waals surface area contributed by atoms with Crippen LogP contribution in [0.5, 0.6) is 0 Å². The molecule has 0 bridgehead atoms. The average molecular weight is 281 g/mol. The molecule has 0 aromatic heterocycles. The second-order valence-corrected chi connectivity index (χ2v) is 6.83. The minimum absolute atomic E-state index is 0.153. The zero-order valence-electron chi connectivity index (χ0n) is 12.5. The van der Waals surface area contributed by atoms with Gasteiger partial charge in [0.15, 0.2) is 0 Å². The SMILES string of the molecule is CC(C)CC1CCCC(N)(Cc2c(F)cccc2F)C1. The van der Waals surface area contributed by atoms with E-state index in [1.54, 1.807) is 0 Å². The minimum Gasteiger partial charge on any atom is -0.325 e. The van der Waals surface area contributed by atoms with Gasteiger partial charge in [-0.2, -0.15) is 0 Å². The van der Waals surface area contributed by atoms with Gasteiger partial charge in [0.25, 0.3) is 0 Å². The molecule has 1 aliphatic carbocycles. The van der Waals surface area contributed by atoms with Crippen LogP contribution in [-0.2, 0) is 6.42 Å². The first kappa shape index (κ1) is 15.4. The van der Waals surface area contributed by atoms with Crippen molar-refractivity contribution in [3.8, 4) is 0 Å². The van der Waals surface area contributed by atoms with Crippen LogP contribution in [0.25, 0.3) is 0 Å². The first-order valence-electron chi connectivity index (χ1n) is 7.61. The van der Waals surface area contributed by atoms with E-state index in [0.717, 1.165) is 25.7 Å². The molecule has 20 heavy (non-hydrogen) atoms. The molecule has 1 aromatic carbocycles. The molecule has 0 spiro atoms. The van der Waals surface area contributed by atoms with Crippen molar-refractivity contribution >= 4 is 0 Å².